The fourth-order valence-electron chi connectivity index (χ4n) is 8.22. The molecule has 0 fully saturated rings. The van der Waals surface area contributed by atoms with Crippen molar-refractivity contribution in [3.63, 3.8) is 0 Å². The van der Waals surface area contributed by atoms with Crippen molar-refractivity contribution in [2.75, 3.05) is 4.90 Å². The van der Waals surface area contributed by atoms with Crippen LogP contribution >= 0.6 is 0 Å². The van der Waals surface area contributed by atoms with Crippen molar-refractivity contribution in [3.8, 4) is 44.8 Å². The van der Waals surface area contributed by atoms with Crippen molar-refractivity contribution in [2.45, 2.75) is 0 Å². The Hall–Kier alpha value is -7.69. The summed E-state index contributed by atoms with van der Waals surface area (Å²) in [5.41, 5.74) is 14.0. The maximum Gasteiger partial charge on any atom is 0.227 e. The van der Waals surface area contributed by atoms with Crippen LogP contribution < -0.4 is 4.90 Å². The molecule has 2 aromatic heterocycles. The Bertz CT molecular complexity index is 3230. The van der Waals surface area contributed by atoms with E-state index in [1.54, 1.807) is 0 Å². The number of nitrogens with zero attached hydrogens (tertiary/aromatic N) is 2. The minimum atomic E-state index is 0.589. The predicted molar refractivity (Wildman–Crippen MR) is 235 cm³/mol. The van der Waals surface area contributed by atoms with Crippen LogP contribution in [0, 0.1) is 0 Å². The van der Waals surface area contributed by atoms with Crippen LogP contribution in [0.25, 0.3) is 88.6 Å². The second-order valence-corrected chi connectivity index (χ2v) is 14.3. The van der Waals surface area contributed by atoms with Crippen LogP contribution in [0.3, 0.4) is 0 Å². The third kappa shape index (κ3) is 5.74. The monoisotopic (exact) mass is 730 g/mol. The summed E-state index contributed by atoms with van der Waals surface area (Å²) in [7, 11) is 0. The first-order chi connectivity index (χ1) is 28.2. The van der Waals surface area contributed by atoms with Gasteiger partial charge in [0.15, 0.2) is 5.58 Å². The van der Waals surface area contributed by atoms with E-state index in [1.165, 1.54) is 27.5 Å². The lowest BCUT2D eigenvalue weighted by molar-refractivity contribution is 0.622. The summed E-state index contributed by atoms with van der Waals surface area (Å²) in [5, 5.41) is 4.38. The molecular formula is C53H34N2O2. The van der Waals surface area contributed by atoms with Crippen molar-refractivity contribution in [1.29, 1.82) is 0 Å². The number of hydrogen-bond acceptors (Lipinski definition) is 4. The second kappa shape index (κ2) is 13.6. The first-order valence-corrected chi connectivity index (χ1v) is 19.2. The van der Waals surface area contributed by atoms with Gasteiger partial charge in [-0.1, -0.05) is 140 Å². The zero-order chi connectivity index (χ0) is 37.7. The molecule has 11 aromatic rings. The molecule has 0 unspecified atom stereocenters. The zero-order valence-electron chi connectivity index (χ0n) is 30.8. The molecule has 9 aromatic carbocycles. The van der Waals surface area contributed by atoms with E-state index in [9.17, 15) is 0 Å². The van der Waals surface area contributed by atoms with Crippen molar-refractivity contribution in [3.05, 3.63) is 206 Å². The Labute approximate surface area is 329 Å². The molecule has 0 N–H and O–H groups in total. The van der Waals surface area contributed by atoms with Crippen LogP contribution in [-0.4, -0.2) is 4.98 Å². The highest BCUT2D eigenvalue weighted by atomic mass is 16.4. The molecule has 268 valence electrons. The van der Waals surface area contributed by atoms with Crippen LogP contribution in [0.1, 0.15) is 0 Å². The minimum absolute atomic E-state index is 0.589. The van der Waals surface area contributed by atoms with Gasteiger partial charge in [-0.05, 0) is 111 Å². The highest BCUT2D eigenvalue weighted by molar-refractivity contribution is 6.21. The molecule has 0 bridgehead atoms. The lowest BCUT2D eigenvalue weighted by Gasteiger charge is -2.27. The third-order valence-electron chi connectivity index (χ3n) is 10.9. The number of fused-ring (bicyclic) bond motifs is 6. The molecule has 0 atom stereocenters. The van der Waals surface area contributed by atoms with E-state index in [0.717, 1.165) is 72.4 Å². The quantitative estimate of drug-likeness (QED) is 0.164. The number of rotatable bonds is 7. The minimum Gasteiger partial charge on any atom is -0.456 e. The van der Waals surface area contributed by atoms with Gasteiger partial charge in [-0.2, -0.15) is 0 Å². The van der Waals surface area contributed by atoms with Crippen LogP contribution in [0.2, 0.25) is 0 Å². The van der Waals surface area contributed by atoms with Crippen molar-refractivity contribution < 1.29 is 8.83 Å². The first-order valence-electron chi connectivity index (χ1n) is 19.2. The van der Waals surface area contributed by atoms with Crippen LogP contribution in [0.15, 0.2) is 215 Å². The number of aromatic nitrogens is 1. The van der Waals surface area contributed by atoms with Crippen LogP contribution in [0.5, 0.6) is 0 Å². The van der Waals surface area contributed by atoms with E-state index in [2.05, 4.69) is 163 Å². The smallest absolute Gasteiger partial charge is 0.227 e. The predicted octanol–water partition coefficient (Wildman–Crippen LogP) is 15.0. The highest BCUT2D eigenvalue weighted by Gasteiger charge is 2.21. The molecule has 2 heterocycles. The molecule has 0 amide bonds. The molecule has 0 saturated carbocycles. The lowest BCUT2D eigenvalue weighted by Crippen LogP contribution is -2.10. The molecule has 4 nitrogen and oxygen atoms in total. The Morgan fingerprint density at radius 3 is 1.72 bits per heavy atom. The molecular weight excluding hydrogens is 697 g/mol. The zero-order valence-corrected chi connectivity index (χ0v) is 30.8. The second-order valence-electron chi connectivity index (χ2n) is 14.3. The van der Waals surface area contributed by atoms with Gasteiger partial charge in [-0.25, -0.2) is 4.98 Å². The summed E-state index contributed by atoms with van der Waals surface area (Å²) in [6, 6.07) is 72.4. The molecule has 4 heteroatoms. The van der Waals surface area contributed by atoms with Gasteiger partial charge in [0.2, 0.25) is 5.89 Å². The molecule has 0 aliphatic carbocycles. The van der Waals surface area contributed by atoms with Crippen molar-refractivity contribution in [2.24, 2.45) is 0 Å². The van der Waals surface area contributed by atoms with E-state index >= 15 is 0 Å². The van der Waals surface area contributed by atoms with Gasteiger partial charge < -0.3 is 13.7 Å². The van der Waals surface area contributed by atoms with E-state index in [0.29, 0.717) is 5.89 Å². The maximum atomic E-state index is 6.54. The molecule has 0 saturated heterocycles. The summed E-state index contributed by atoms with van der Waals surface area (Å²) >= 11 is 0. The van der Waals surface area contributed by atoms with E-state index in [-0.39, 0.29) is 0 Å². The summed E-state index contributed by atoms with van der Waals surface area (Å²) in [6.45, 7) is 0. The fourth-order valence-corrected chi connectivity index (χ4v) is 8.22. The lowest BCUT2D eigenvalue weighted by atomic mass is 9.97. The van der Waals surface area contributed by atoms with Crippen LogP contribution in [-0.2, 0) is 0 Å². The van der Waals surface area contributed by atoms with Gasteiger partial charge >= 0.3 is 0 Å². The average Bonchev–Trinajstić information content (AvgIpc) is 3.90. The molecule has 0 spiro atoms. The fraction of sp³-hybridized carbons (Fsp3) is 0. The number of oxazole rings is 1. The Morgan fingerprint density at radius 2 is 0.947 bits per heavy atom. The Kier molecular flexibility index (Phi) is 7.78. The SMILES string of the molecule is c1ccc(-c2ccc(N(c3cccc(-c4cccc5ccccc45)c3)c3cccc(-c4cccc5oc6ccc7nc(-c8ccccc8)oc7c6c45)c3)cc2)cc1. The molecule has 57 heavy (non-hydrogen) atoms. The summed E-state index contributed by atoms with van der Waals surface area (Å²) < 4.78 is 13.0. The summed E-state index contributed by atoms with van der Waals surface area (Å²) in [5.74, 6) is 0.589. The largest absolute Gasteiger partial charge is 0.456 e. The van der Waals surface area contributed by atoms with Gasteiger partial charge in [0.25, 0.3) is 0 Å². The number of anilines is 3. The van der Waals surface area contributed by atoms with Gasteiger partial charge in [-0.3, -0.25) is 0 Å². The molecule has 0 aliphatic rings. The molecule has 11 rings (SSSR count). The average molecular weight is 731 g/mol. The van der Waals surface area contributed by atoms with Crippen molar-refractivity contribution in [1.82, 2.24) is 4.98 Å². The number of hydrogen-bond donors (Lipinski definition) is 0. The van der Waals surface area contributed by atoms with Gasteiger partial charge in [0.05, 0.1) is 5.39 Å². The number of benzene rings is 9. The van der Waals surface area contributed by atoms with E-state index in [4.69, 9.17) is 13.8 Å². The van der Waals surface area contributed by atoms with E-state index in [1.807, 2.05) is 48.5 Å². The molecule has 0 radical (unpaired) electrons. The normalized spacial score (nSPS) is 11.5. The summed E-state index contributed by atoms with van der Waals surface area (Å²) in [6.07, 6.45) is 0. The Morgan fingerprint density at radius 1 is 0.368 bits per heavy atom. The molecule has 0 aliphatic heterocycles. The highest BCUT2D eigenvalue weighted by Crippen LogP contribution is 2.44. The van der Waals surface area contributed by atoms with Gasteiger partial charge in [0.1, 0.15) is 16.7 Å². The van der Waals surface area contributed by atoms with E-state index < -0.39 is 0 Å². The topological polar surface area (TPSA) is 42.4 Å². The third-order valence-corrected chi connectivity index (χ3v) is 10.9. The first kappa shape index (κ1) is 32.7. The summed E-state index contributed by atoms with van der Waals surface area (Å²) in [4.78, 5) is 7.23. The van der Waals surface area contributed by atoms with Gasteiger partial charge in [0, 0.05) is 28.0 Å². The Balaban J connectivity index is 1.08. The standard InChI is InChI=1S/C53H34N2O2/c1-3-13-35(14-4-1)36-27-29-41(30-28-36)55(42-21-9-19-39(33-42)45-24-11-18-37-15-7-8-23-44(37)45)43-22-10-20-40(34-43)46-25-12-26-48-50(46)51-49(56-48)32-31-47-52(51)57-53(54-47)38-16-5-2-6-17-38/h1-34H. The van der Waals surface area contributed by atoms with Gasteiger partial charge in [-0.15, -0.1) is 0 Å². The maximum absolute atomic E-state index is 6.54. The van der Waals surface area contributed by atoms with Crippen molar-refractivity contribution >= 4 is 60.9 Å². The number of furan rings is 1. The van der Waals surface area contributed by atoms with Crippen LogP contribution in [0.4, 0.5) is 17.1 Å².